The lowest BCUT2D eigenvalue weighted by atomic mass is 9.89. The molecule has 0 atom stereocenters. The van der Waals surface area contributed by atoms with E-state index in [1.165, 1.54) is 0 Å². The van der Waals surface area contributed by atoms with E-state index in [0.29, 0.717) is 12.8 Å². The Kier molecular flexibility index (Phi) is 3.84. The van der Waals surface area contributed by atoms with Crippen LogP contribution in [0.25, 0.3) is 0 Å². The van der Waals surface area contributed by atoms with Gasteiger partial charge in [-0.15, -0.1) is 0 Å². The van der Waals surface area contributed by atoms with Crippen molar-refractivity contribution in [2.75, 3.05) is 12.4 Å². The van der Waals surface area contributed by atoms with Crippen molar-refractivity contribution in [3.63, 3.8) is 0 Å². The van der Waals surface area contributed by atoms with E-state index in [2.05, 4.69) is 5.32 Å². The molecule has 0 aromatic heterocycles. The van der Waals surface area contributed by atoms with Gasteiger partial charge >= 0.3 is 5.97 Å². The molecule has 0 saturated heterocycles. The zero-order valence-corrected chi connectivity index (χ0v) is 10.6. The van der Waals surface area contributed by atoms with E-state index in [0.717, 1.165) is 12.1 Å². The maximum atomic E-state index is 13.6. The highest BCUT2D eigenvalue weighted by Crippen LogP contribution is 2.32. The first kappa shape index (κ1) is 14.2. The SMILES string of the molecule is COC1CC(Nc2cc(F)c(C(=O)O)cc2[N+](=O)[O-])C1. The summed E-state index contributed by atoms with van der Waals surface area (Å²) in [7, 11) is 1.57. The molecule has 1 aromatic rings. The number of carboxylic acid groups (broad SMARTS) is 1. The summed E-state index contributed by atoms with van der Waals surface area (Å²) in [4.78, 5) is 21.0. The highest BCUT2D eigenvalue weighted by atomic mass is 19.1. The van der Waals surface area contributed by atoms with Gasteiger partial charge in [0, 0.05) is 25.3 Å². The average Bonchev–Trinajstić information content (AvgIpc) is 2.32. The van der Waals surface area contributed by atoms with Crippen LogP contribution in [0.2, 0.25) is 0 Å². The minimum absolute atomic E-state index is 0.0166. The van der Waals surface area contributed by atoms with Crippen LogP contribution in [0.5, 0.6) is 0 Å². The maximum Gasteiger partial charge on any atom is 0.338 e. The number of ether oxygens (including phenoxy) is 1. The normalized spacial score (nSPS) is 21.1. The van der Waals surface area contributed by atoms with Crippen molar-refractivity contribution in [1.29, 1.82) is 0 Å². The Bertz CT molecular complexity index is 557. The van der Waals surface area contributed by atoms with Crippen LogP contribution in [-0.2, 0) is 4.74 Å². The largest absolute Gasteiger partial charge is 0.478 e. The standard InChI is InChI=1S/C12H13FN2O5/c1-20-7-2-6(3-7)14-10-5-9(13)8(12(16)17)4-11(10)15(18)19/h4-7,14H,2-3H2,1H3,(H,16,17). The van der Waals surface area contributed by atoms with Crippen LogP contribution in [0.3, 0.4) is 0 Å². The van der Waals surface area contributed by atoms with E-state index in [1.54, 1.807) is 7.11 Å². The maximum absolute atomic E-state index is 13.6. The Labute approximate surface area is 113 Å². The fraction of sp³-hybridized carbons (Fsp3) is 0.417. The summed E-state index contributed by atoms with van der Waals surface area (Å²) in [5.41, 5.74) is -1.19. The van der Waals surface area contributed by atoms with Gasteiger partial charge in [0.15, 0.2) is 0 Å². The summed E-state index contributed by atoms with van der Waals surface area (Å²) < 4.78 is 18.7. The molecule has 1 aliphatic carbocycles. The number of carbonyl (C=O) groups is 1. The molecule has 0 aliphatic heterocycles. The Morgan fingerprint density at radius 2 is 2.20 bits per heavy atom. The van der Waals surface area contributed by atoms with Crippen LogP contribution in [0.15, 0.2) is 12.1 Å². The molecule has 0 amide bonds. The lowest BCUT2D eigenvalue weighted by molar-refractivity contribution is -0.384. The van der Waals surface area contributed by atoms with E-state index < -0.39 is 28.0 Å². The van der Waals surface area contributed by atoms with Gasteiger partial charge in [-0.3, -0.25) is 10.1 Å². The van der Waals surface area contributed by atoms with E-state index >= 15 is 0 Å². The summed E-state index contributed by atoms with van der Waals surface area (Å²) in [5.74, 6) is -2.55. The molecule has 1 fully saturated rings. The van der Waals surface area contributed by atoms with Crippen molar-refractivity contribution < 1.29 is 24.0 Å². The molecule has 1 aliphatic rings. The first-order valence-corrected chi connectivity index (χ1v) is 5.93. The third-order valence-corrected chi connectivity index (χ3v) is 3.30. The van der Waals surface area contributed by atoms with Crippen LogP contribution in [0.1, 0.15) is 23.2 Å². The number of carboxylic acids is 1. The van der Waals surface area contributed by atoms with Crippen molar-refractivity contribution in [1.82, 2.24) is 0 Å². The quantitative estimate of drug-likeness (QED) is 0.633. The third-order valence-electron chi connectivity index (χ3n) is 3.30. The molecule has 0 bridgehead atoms. The lowest BCUT2D eigenvalue weighted by Gasteiger charge is -2.35. The molecule has 2 N–H and O–H groups in total. The van der Waals surface area contributed by atoms with Crippen molar-refractivity contribution in [2.45, 2.75) is 25.0 Å². The van der Waals surface area contributed by atoms with Crippen LogP contribution >= 0.6 is 0 Å². The van der Waals surface area contributed by atoms with E-state index in [1.807, 2.05) is 0 Å². The number of benzene rings is 1. The van der Waals surface area contributed by atoms with E-state index in [4.69, 9.17) is 9.84 Å². The molecule has 2 rings (SSSR count). The minimum Gasteiger partial charge on any atom is -0.478 e. The van der Waals surface area contributed by atoms with Gasteiger partial charge < -0.3 is 15.2 Å². The highest BCUT2D eigenvalue weighted by molar-refractivity contribution is 5.90. The Morgan fingerprint density at radius 1 is 1.55 bits per heavy atom. The van der Waals surface area contributed by atoms with Crippen LogP contribution in [0.4, 0.5) is 15.8 Å². The van der Waals surface area contributed by atoms with Gasteiger partial charge in [-0.25, -0.2) is 9.18 Å². The van der Waals surface area contributed by atoms with Gasteiger partial charge in [-0.2, -0.15) is 0 Å². The summed E-state index contributed by atoms with van der Waals surface area (Å²) in [5, 5.41) is 22.6. The molecule has 0 heterocycles. The molecule has 1 saturated carbocycles. The molecule has 0 spiro atoms. The molecule has 7 nitrogen and oxygen atoms in total. The van der Waals surface area contributed by atoms with Gasteiger partial charge in [0.25, 0.3) is 5.69 Å². The predicted molar refractivity (Wildman–Crippen MR) is 67.5 cm³/mol. The molecule has 108 valence electrons. The molecule has 20 heavy (non-hydrogen) atoms. The van der Waals surface area contributed by atoms with Crippen LogP contribution in [-0.4, -0.2) is 35.3 Å². The van der Waals surface area contributed by atoms with Gasteiger partial charge in [0.2, 0.25) is 0 Å². The topological polar surface area (TPSA) is 102 Å². The lowest BCUT2D eigenvalue weighted by Crippen LogP contribution is -2.40. The van der Waals surface area contributed by atoms with Crippen LogP contribution < -0.4 is 5.32 Å². The first-order chi connectivity index (χ1) is 9.42. The molecular formula is C12H13FN2O5. The highest BCUT2D eigenvalue weighted by Gasteiger charge is 2.31. The number of nitrogens with one attached hydrogen (secondary N) is 1. The number of nitro benzene ring substituents is 1. The number of rotatable bonds is 5. The Morgan fingerprint density at radius 3 is 2.70 bits per heavy atom. The van der Waals surface area contributed by atoms with Crippen molar-refractivity contribution >= 4 is 17.3 Å². The predicted octanol–water partition coefficient (Wildman–Crippen LogP) is 2.02. The van der Waals surface area contributed by atoms with Gasteiger partial charge in [0.1, 0.15) is 17.1 Å². The summed E-state index contributed by atoms with van der Waals surface area (Å²) >= 11 is 0. The number of methoxy groups -OCH3 is 1. The number of nitro groups is 1. The number of hydrogen-bond donors (Lipinski definition) is 2. The number of nitrogens with zero attached hydrogens (tertiary/aromatic N) is 1. The zero-order chi connectivity index (χ0) is 14.9. The molecule has 0 unspecified atom stereocenters. The molecule has 0 radical (unpaired) electrons. The second kappa shape index (κ2) is 5.41. The minimum atomic E-state index is -1.54. The van der Waals surface area contributed by atoms with Crippen molar-refractivity contribution in [2.24, 2.45) is 0 Å². The Balaban J connectivity index is 2.25. The van der Waals surface area contributed by atoms with E-state index in [9.17, 15) is 19.3 Å². The summed E-state index contributed by atoms with van der Waals surface area (Å²) in [6.07, 6.45) is 1.42. The summed E-state index contributed by atoms with van der Waals surface area (Å²) in [6, 6.07) is 1.53. The molecular weight excluding hydrogens is 271 g/mol. The van der Waals surface area contributed by atoms with Gasteiger partial charge in [-0.05, 0) is 12.8 Å². The smallest absolute Gasteiger partial charge is 0.338 e. The monoisotopic (exact) mass is 284 g/mol. The second-order valence-corrected chi connectivity index (χ2v) is 4.58. The third kappa shape index (κ3) is 2.69. The second-order valence-electron chi connectivity index (χ2n) is 4.58. The van der Waals surface area contributed by atoms with Crippen LogP contribution in [0, 0.1) is 15.9 Å². The number of hydrogen-bond acceptors (Lipinski definition) is 5. The average molecular weight is 284 g/mol. The summed E-state index contributed by atoms with van der Waals surface area (Å²) in [6.45, 7) is 0. The van der Waals surface area contributed by atoms with Crippen molar-refractivity contribution in [3.05, 3.63) is 33.6 Å². The fourth-order valence-electron chi connectivity index (χ4n) is 2.09. The zero-order valence-electron chi connectivity index (χ0n) is 10.6. The van der Waals surface area contributed by atoms with Gasteiger partial charge in [0.05, 0.1) is 11.0 Å². The number of halogens is 1. The fourth-order valence-corrected chi connectivity index (χ4v) is 2.09. The number of anilines is 1. The molecule has 8 heteroatoms. The molecule has 1 aromatic carbocycles. The first-order valence-electron chi connectivity index (χ1n) is 5.93. The van der Waals surface area contributed by atoms with E-state index in [-0.39, 0.29) is 17.8 Å². The van der Waals surface area contributed by atoms with Crippen molar-refractivity contribution in [3.8, 4) is 0 Å². The Hall–Kier alpha value is -2.22. The number of aromatic carboxylic acids is 1. The van der Waals surface area contributed by atoms with Gasteiger partial charge in [-0.1, -0.05) is 0 Å².